The molecule has 1 atom stereocenters. The average Bonchev–Trinajstić information content (AvgIpc) is 3.34. The number of halogens is 1. The number of benzene rings is 2. The van der Waals surface area contributed by atoms with Crippen LogP contribution < -0.4 is 9.47 Å². The molecule has 1 amide bonds. The maximum atomic E-state index is 13.4. The number of aromatic nitrogens is 2. The zero-order valence-electron chi connectivity index (χ0n) is 19.5. The summed E-state index contributed by atoms with van der Waals surface area (Å²) in [6, 6.07) is 13.2. The average molecular weight is 468 g/mol. The lowest BCUT2D eigenvalue weighted by atomic mass is 9.95. The molecule has 1 aromatic heterocycles. The highest BCUT2D eigenvalue weighted by Gasteiger charge is 2.42. The molecule has 0 radical (unpaired) electrons. The summed E-state index contributed by atoms with van der Waals surface area (Å²) >= 11 is 6.10. The fourth-order valence-electron chi connectivity index (χ4n) is 4.25. The molecule has 33 heavy (non-hydrogen) atoms. The van der Waals surface area contributed by atoms with E-state index in [0.717, 1.165) is 35.2 Å². The van der Waals surface area contributed by atoms with Gasteiger partial charge in [-0.25, -0.2) is 0 Å². The number of hydrogen-bond donors (Lipinski definition) is 1. The lowest BCUT2D eigenvalue weighted by Crippen LogP contribution is -2.32. The van der Waals surface area contributed by atoms with Crippen molar-refractivity contribution >= 4 is 17.5 Å². The van der Waals surface area contributed by atoms with Gasteiger partial charge in [-0.15, -0.1) is 0 Å². The van der Waals surface area contributed by atoms with Gasteiger partial charge in [0.1, 0.15) is 5.69 Å². The van der Waals surface area contributed by atoms with Crippen molar-refractivity contribution in [3.63, 3.8) is 0 Å². The van der Waals surface area contributed by atoms with Crippen LogP contribution in [0.1, 0.15) is 61.3 Å². The third-order valence-corrected chi connectivity index (χ3v) is 6.05. The lowest BCUT2D eigenvalue weighted by Gasteiger charge is -2.28. The Labute approximate surface area is 199 Å². The molecule has 4 rings (SSSR count). The first-order chi connectivity index (χ1) is 15.9. The topological polar surface area (TPSA) is 67.5 Å². The number of nitrogens with zero attached hydrogens (tertiary/aromatic N) is 2. The molecule has 0 saturated heterocycles. The maximum absolute atomic E-state index is 13.4. The van der Waals surface area contributed by atoms with E-state index in [4.69, 9.17) is 21.1 Å². The number of hydrogen-bond acceptors (Lipinski definition) is 4. The van der Waals surface area contributed by atoms with Gasteiger partial charge in [0.15, 0.2) is 11.5 Å². The first kappa shape index (κ1) is 23.2. The second-order valence-electron chi connectivity index (χ2n) is 8.73. The smallest absolute Gasteiger partial charge is 0.273 e. The van der Waals surface area contributed by atoms with Gasteiger partial charge < -0.3 is 14.4 Å². The molecular weight excluding hydrogens is 438 g/mol. The van der Waals surface area contributed by atoms with E-state index in [1.807, 2.05) is 47.4 Å². The Morgan fingerprint density at radius 3 is 2.58 bits per heavy atom. The minimum absolute atomic E-state index is 0.0429. The van der Waals surface area contributed by atoms with Crippen LogP contribution in [0, 0.1) is 5.92 Å². The summed E-state index contributed by atoms with van der Waals surface area (Å²) in [6.07, 6.45) is 2.04. The van der Waals surface area contributed by atoms with E-state index in [-0.39, 0.29) is 11.9 Å². The summed E-state index contributed by atoms with van der Waals surface area (Å²) in [6.45, 7) is 7.62. The van der Waals surface area contributed by atoms with E-state index >= 15 is 0 Å². The number of ether oxygens (including phenoxy) is 2. The minimum atomic E-state index is -0.280. The van der Waals surface area contributed by atoms with Gasteiger partial charge in [0.2, 0.25) is 0 Å². The number of methoxy groups -OCH3 is 1. The molecule has 6 nitrogen and oxygen atoms in total. The number of nitrogens with one attached hydrogen (secondary N) is 1. The third-order valence-electron chi connectivity index (χ3n) is 5.80. The van der Waals surface area contributed by atoms with E-state index < -0.39 is 0 Å². The number of amides is 1. The van der Waals surface area contributed by atoms with Crippen LogP contribution in [0.2, 0.25) is 5.02 Å². The molecule has 1 aliphatic rings. The van der Waals surface area contributed by atoms with E-state index in [0.29, 0.717) is 41.3 Å². The van der Waals surface area contributed by atoms with Crippen molar-refractivity contribution in [3.05, 3.63) is 64.3 Å². The van der Waals surface area contributed by atoms with Crippen molar-refractivity contribution in [2.75, 3.05) is 20.3 Å². The number of carbonyl (C=O) groups excluding carboxylic acids is 1. The molecule has 3 aromatic rings. The number of aromatic amines is 1. The highest BCUT2D eigenvalue weighted by Crippen LogP contribution is 2.45. The van der Waals surface area contributed by atoms with E-state index in [1.165, 1.54) is 0 Å². The summed E-state index contributed by atoms with van der Waals surface area (Å²) < 4.78 is 11.6. The van der Waals surface area contributed by atoms with Crippen molar-refractivity contribution in [2.24, 2.45) is 5.92 Å². The molecule has 0 aliphatic carbocycles. The van der Waals surface area contributed by atoms with Gasteiger partial charge in [-0.3, -0.25) is 9.89 Å². The minimum Gasteiger partial charge on any atom is -0.493 e. The van der Waals surface area contributed by atoms with Crippen molar-refractivity contribution in [1.82, 2.24) is 15.1 Å². The van der Waals surface area contributed by atoms with Crippen LogP contribution in [0.4, 0.5) is 0 Å². The fraction of sp³-hybridized carbons (Fsp3) is 0.385. The summed E-state index contributed by atoms with van der Waals surface area (Å²) in [7, 11) is 1.64. The summed E-state index contributed by atoms with van der Waals surface area (Å²) in [5, 5.41) is 8.17. The van der Waals surface area contributed by atoms with Crippen LogP contribution in [0.25, 0.3) is 11.3 Å². The second-order valence-corrected chi connectivity index (χ2v) is 9.17. The predicted molar refractivity (Wildman–Crippen MR) is 130 cm³/mol. The van der Waals surface area contributed by atoms with Crippen LogP contribution >= 0.6 is 11.6 Å². The molecule has 0 fully saturated rings. The maximum Gasteiger partial charge on any atom is 0.273 e. The number of H-pyrrole nitrogens is 1. The SMILES string of the molecule is CCCCOc1ccc(C2c3c(-c4ccc(Cl)cc4)n[nH]c3C(=O)N2CC(C)C)cc1OC. The Hall–Kier alpha value is -2.99. The summed E-state index contributed by atoms with van der Waals surface area (Å²) in [5.41, 5.74) is 4.04. The number of rotatable bonds is 9. The Kier molecular flexibility index (Phi) is 6.94. The highest BCUT2D eigenvalue weighted by atomic mass is 35.5. The summed E-state index contributed by atoms with van der Waals surface area (Å²) in [4.78, 5) is 15.3. The molecule has 1 aliphatic heterocycles. The van der Waals surface area contributed by atoms with Crippen LogP contribution in [-0.2, 0) is 0 Å². The summed E-state index contributed by atoms with van der Waals surface area (Å²) in [5.74, 6) is 1.63. The van der Waals surface area contributed by atoms with Crippen LogP contribution in [0.5, 0.6) is 11.5 Å². The van der Waals surface area contributed by atoms with Crippen molar-refractivity contribution in [1.29, 1.82) is 0 Å². The van der Waals surface area contributed by atoms with Gasteiger partial charge in [0.05, 0.1) is 25.5 Å². The van der Waals surface area contributed by atoms with Crippen molar-refractivity contribution in [3.8, 4) is 22.8 Å². The lowest BCUT2D eigenvalue weighted by molar-refractivity contribution is 0.0722. The molecule has 0 spiro atoms. The second kappa shape index (κ2) is 9.87. The Morgan fingerprint density at radius 2 is 1.91 bits per heavy atom. The van der Waals surface area contributed by atoms with Crippen molar-refractivity contribution in [2.45, 2.75) is 39.7 Å². The van der Waals surface area contributed by atoms with Gasteiger partial charge >= 0.3 is 0 Å². The zero-order chi connectivity index (χ0) is 23.5. The molecular formula is C26H30ClN3O3. The Balaban J connectivity index is 1.80. The highest BCUT2D eigenvalue weighted by molar-refractivity contribution is 6.30. The predicted octanol–water partition coefficient (Wildman–Crippen LogP) is 6.12. The number of unbranched alkanes of at least 4 members (excludes halogenated alkanes) is 1. The van der Waals surface area contributed by atoms with Gasteiger partial charge in [-0.1, -0.05) is 57.0 Å². The molecule has 0 saturated carbocycles. The first-order valence-corrected chi connectivity index (χ1v) is 11.8. The number of fused-ring (bicyclic) bond motifs is 1. The molecule has 0 bridgehead atoms. The fourth-order valence-corrected chi connectivity index (χ4v) is 4.38. The Morgan fingerprint density at radius 1 is 1.15 bits per heavy atom. The standard InChI is InChI=1S/C26H30ClN3O3/c1-5-6-13-33-20-12-9-18(14-21(20)32-4)25-22-23(17-7-10-19(27)11-8-17)28-29-24(22)26(31)30(25)15-16(2)3/h7-12,14,16,25H,5-6,13,15H2,1-4H3,(H,28,29). The van der Waals surface area contributed by atoms with Crippen LogP contribution in [0.15, 0.2) is 42.5 Å². The van der Waals surface area contributed by atoms with E-state index in [1.54, 1.807) is 7.11 Å². The van der Waals surface area contributed by atoms with Gasteiger partial charge in [0, 0.05) is 22.7 Å². The quantitative estimate of drug-likeness (QED) is 0.385. The molecule has 2 heterocycles. The van der Waals surface area contributed by atoms with Crippen LogP contribution in [-0.4, -0.2) is 41.3 Å². The molecule has 1 N–H and O–H groups in total. The van der Waals surface area contributed by atoms with Gasteiger partial charge in [0.25, 0.3) is 5.91 Å². The monoisotopic (exact) mass is 467 g/mol. The zero-order valence-corrected chi connectivity index (χ0v) is 20.3. The first-order valence-electron chi connectivity index (χ1n) is 11.4. The molecule has 2 aromatic carbocycles. The third kappa shape index (κ3) is 4.58. The normalized spacial score (nSPS) is 15.3. The molecule has 174 valence electrons. The van der Waals surface area contributed by atoms with Gasteiger partial charge in [-0.2, -0.15) is 5.10 Å². The van der Waals surface area contributed by atoms with Crippen molar-refractivity contribution < 1.29 is 14.3 Å². The number of carbonyl (C=O) groups is 1. The van der Waals surface area contributed by atoms with E-state index in [2.05, 4.69) is 31.0 Å². The van der Waals surface area contributed by atoms with Crippen LogP contribution in [0.3, 0.4) is 0 Å². The van der Waals surface area contributed by atoms with Gasteiger partial charge in [-0.05, 0) is 42.2 Å². The molecule has 1 unspecified atom stereocenters. The largest absolute Gasteiger partial charge is 0.493 e. The Bertz CT molecular complexity index is 1120. The van der Waals surface area contributed by atoms with E-state index in [9.17, 15) is 4.79 Å². The molecule has 7 heteroatoms.